The van der Waals surface area contributed by atoms with Gasteiger partial charge in [0.05, 0.1) is 11.3 Å². The Morgan fingerprint density at radius 1 is 1.17 bits per heavy atom. The molecule has 24 heavy (non-hydrogen) atoms. The minimum absolute atomic E-state index is 0.120. The largest absolute Gasteiger partial charge is 0.325 e. The Morgan fingerprint density at radius 3 is 2.58 bits per heavy atom. The summed E-state index contributed by atoms with van der Waals surface area (Å²) in [6.45, 7) is 3.71. The average Bonchev–Trinajstić information content (AvgIpc) is 2.55. The second-order valence-electron chi connectivity index (χ2n) is 5.47. The highest BCUT2D eigenvalue weighted by molar-refractivity contribution is 5.95. The lowest BCUT2D eigenvalue weighted by atomic mass is 10.2. The lowest BCUT2D eigenvalue weighted by molar-refractivity contribution is -0.117. The molecule has 2 rings (SSSR count). The predicted molar refractivity (Wildman–Crippen MR) is 93.6 cm³/mol. The van der Waals surface area contributed by atoms with Crippen LogP contribution in [0.2, 0.25) is 0 Å². The Labute approximate surface area is 141 Å². The topological polar surface area (TPSA) is 73.2 Å². The summed E-state index contributed by atoms with van der Waals surface area (Å²) in [4.78, 5) is 25.6. The molecular weight excluding hydrogens is 302 g/mol. The number of nitriles is 1. The summed E-state index contributed by atoms with van der Waals surface area (Å²) < 4.78 is 0. The third-order valence-electron chi connectivity index (χ3n) is 3.58. The number of aryl methyl sites for hydroxylation is 1. The number of hydrogen-bond donors (Lipinski definition) is 1. The molecule has 2 aromatic carbocycles. The molecule has 0 heterocycles. The van der Waals surface area contributed by atoms with Crippen LogP contribution in [0.15, 0.2) is 48.5 Å². The second-order valence-corrected chi connectivity index (χ2v) is 5.47. The van der Waals surface area contributed by atoms with Crippen LogP contribution in [0.1, 0.15) is 24.5 Å². The number of benzene rings is 2. The Kier molecular flexibility index (Phi) is 5.69. The fourth-order valence-electron chi connectivity index (χ4n) is 2.38. The number of para-hydroxylation sites is 1. The number of hydrogen-bond acceptors (Lipinski definition) is 3. The van der Waals surface area contributed by atoms with Gasteiger partial charge in [-0.1, -0.05) is 24.3 Å². The summed E-state index contributed by atoms with van der Waals surface area (Å²) in [5.74, 6) is -0.359. The first-order valence-corrected chi connectivity index (χ1v) is 7.65. The van der Waals surface area contributed by atoms with Crippen LogP contribution in [0.3, 0.4) is 0 Å². The van der Waals surface area contributed by atoms with Crippen molar-refractivity contribution in [3.8, 4) is 6.07 Å². The lowest BCUT2D eigenvalue weighted by Gasteiger charge is -2.21. The van der Waals surface area contributed by atoms with Gasteiger partial charge in [0.2, 0.25) is 11.8 Å². The minimum Gasteiger partial charge on any atom is -0.325 e. The molecule has 5 nitrogen and oxygen atoms in total. The van der Waals surface area contributed by atoms with Crippen LogP contribution in [0.5, 0.6) is 0 Å². The highest BCUT2D eigenvalue weighted by atomic mass is 16.2. The zero-order valence-electron chi connectivity index (χ0n) is 13.7. The Morgan fingerprint density at radius 2 is 1.92 bits per heavy atom. The average molecular weight is 321 g/mol. The third-order valence-corrected chi connectivity index (χ3v) is 3.58. The van der Waals surface area contributed by atoms with E-state index in [0.717, 1.165) is 11.3 Å². The van der Waals surface area contributed by atoms with E-state index in [2.05, 4.69) is 5.32 Å². The molecule has 2 amide bonds. The second kappa shape index (κ2) is 7.93. The lowest BCUT2D eigenvalue weighted by Crippen LogP contribution is -2.32. The molecule has 122 valence electrons. The molecule has 0 spiro atoms. The standard InChI is InChI=1S/C19H19N3O2/c1-14-6-5-8-17(12-14)22(15(2)23)11-10-19(24)21-18-9-4-3-7-16(18)13-20/h3-9,12H,10-11H2,1-2H3,(H,21,24). The van der Waals surface area contributed by atoms with E-state index in [4.69, 9.17) is 5.26 Å². The van der Waals surface area contributed by atoms with Crippen molar-refractivity contribution >= 4 is 23.2 Å². The maximum Gasteiger partial charge on any atom is 0.226 e. The Hall–Kier alpha value is -3.13. The van der Waals surface area contributed by atoms with E-state index in [1.807, 2.05) is 37.3 Å². The van der Waals surface area contributed by atoms with E-state index >= 15 is 0 Å². The van der Waals surface area contributed by atoms with Crippen LogP contribution in [-0.4, -0.2) is 18.4 Å². The van der Waals surface area contributed by atoms with Crippen molar-refractivity contribution in [3.63, 3.8) is 0 Å². The first kappa shape index (κ1) is 17.2. The van der Waals surface area contributed by atoms with E-state index in [0.29, 0.717) is 11.3 Å². The number of amides is 2. The zero-order chi connectivity index (χ0) is 17.5. The van der Waals surface area contributed by atoms with Crippen molar-refractivity contribution in [2.75, 3.05) is 16.8 Å². The quantitative estimate of drug-likeness (QED) is 0.918. The van der Waals surface area contributed by atoms with Gasteiger partial charge in [-0.15, -0.1) is 0 Å². The van der Waals surface area contributed by atoms with Crippen molar-refractivity contribution in [2.45, 2.75) is 20.3 Å². The van der Waals surface area contributed by atoms with Gasteiger partial charge >= 0.3 is 0 Å². The first-order chi connectivity index (χ1) is 11.5. The summed E-state index contributed by atoms with van der Waals surface area (Å²) in [5.41, 5.74) is 2.71. The molecule has 0 atom stereocenters. The molecule has 0 saturated heterocycles. The molecule has 0 bridgehead atoms. The van der Waals surface area contributed by atoms with Gasteiger partial charge in [0.1, 0.15) is 6.07 Å². The maximum absolute atomic E-state index is 12.1. The third kappa shape index (κ3) is 4.43. The van der Waals surface area contributed by atoms with Gasteiger partial charge < -0.3 is 10.2 Å². The summed E-state index contributed by atoms with van der Waals surface area (Å²) in [6.07, 6.45) is 0.146. The van der Waals surface area contributed by atoms with E-state index in [1.54, 1.807) is 29.2 Å². The van der Waals surface area contributed by atoms with Crippen LogP contribution < -0.4 is 10.2 Å². The zero-order valence-corrected chi connectivity index (χ0v) is 13.7. The van der Waals surface area contributed by atoms with Crippen LogP contribution in [-0.2, 0) is 9.59 Å². The smallest absolute Gasteiger partial charge is 0.226 e. The molecule has 0 saturated carbocycles. The maximum atomic E-state index is 12.1. The molecule has 5 heteroatoms. The van der Waals surface area contributed by atoms with Gasteiger partial charge in [0.15, 0.2) is 0 Å². The highest BCUT2D eigenvalue weighted by Gasteiger charge is 2.14. The molecule has 0 aromatic heterocycles. The van der Waals surface area contributed by atoms with Crippen LogP contribution in [0.4, 0.5) is 11.4 Å². The van der Waals surface area contributed by atoms with Crippen molar-refractivity contribution in [1.29, 1.82) is 5.26 Å². The van der Waals surface area contributed by atoms with Gasteiger partial charge in [0.25, 0.3) is 0 Å². The van der Waals surface area contributed by atoms with Crippen LogP contribution >= 0.6 is 0 Å². The Balaban J connectivity index is 2.03. The first-order valence-electron chi connectivity index (χ1n) is 7.65. The fraction of sp³-hybridized carbons (Fsp3) is 0.211. The van der Waals surface area contributed by atoms with Gasteiger partial charge in [0, 0.05) is 25.6 Å². The fourth-order valence-corrected chi connectivity index (χ4v) is 2.38. The minimum atomic E-state index is -0.239. The summed E-state index contributed by atoms with van der Waals surface area (Å²) in [7, 11) is 0. The normalized spacial score (nSPS) is 9.88. The van der Waals surface area contributed by atoms with Crippen LogP contribution in [0, 0.1) is 18.3 Å². The van der Waals surface area contributed by atoms with E-state index in [9.17, 15) is 9.59 Å². The predicted octanol–water partition coefficient (Wildman–Crippen LogP) is 3.25. The van der Waals surface area contributed by atoms with E-state index in [-0.39, 0.29) is 24.8 Å². The number of carbonyl (C=O) groups excluding carboxylic acids is 2. The molecule has 0 unspecified atom stereocenters. The number of nitrogens with zero attached hydrogens (tertiary/aromatic N) is 2. The monoisotopic (exact) mass is 321 g/mol. The van der Waals surface area contributed by atoms with Crippen molar-refractivity contribution in [1.82, 2.24) is 0 Å². The van der Waals surface area contributed by atoms with Crippen LogP contribution in [0.25, 0.3) is 0 Å². The molecule has 0 aliphatic rings. The van der Waals surface area contributed by atoms with Crippen molar-refractivity contribution in [3.05, 3.63) is 59.7 Å². The molecule has 2 aromatic rings. The number of rotatable bonds is 5. The number of nitrogens with one attached hydrogen (secondary N) is 1. The van der Waals surface area contributed by atoms with Crippen molar-refractivity contribution < 1.29 is 9.59 Å². The Bertz CT molecular complexity index is 793. The van der Waals surface area contributed by atoms with Gasteiger partial charge in [-0.3, -0.25) is 9.59 Å². The van der Waals surface area contributed by atoms with E-state index in [1.165, 1.54) is 6.92 Å². The molecule has 0 radical (unpaired) electrons. The highest BCUT2D eigenvalue weighted by Crippen LogP contribution is 2.17. The van der Waals surface area contributed by atoms with Gasteiger partial charge in [-0.2, -0.15) is 5.26 Å². The SMILES string of the molecule is CC(=O)N(CCC(=O)Nc1ccccc1C#N)c1cccc(C)c1. The molecule has 0 aliphatic carbocycles. The van der Waals surface area contributed by atoms with E-state index < -0.39 is 0 Å². The molecule has 0 aliphatic heterocycles. The van der Waals surface area contributed by atoms with Gasteiger partial charge in [-0.25, -0.2) is 0 Å². The molecular formula is C19H19N3O2. The van der Waals surface area contributed by atoms with Gasteiger partial charge in [-0.05, 0) is 36.8 Å². The molecule has 0 fully saturated rings. The molecule has 1 N–H and O–H groups in total. The van der Waals surface area contributed by atoms with Crippen molar-refractivity contribution in [2.24, 2.45) is 0 Å². The summed E-state index contributed by atoms with van der Waals surface area (Å²) in [5, 5.41) is 11.8. The summed E-state index contributed by atoms with van der Waals surface area (Å²) in [6, 6.07) is 16.4. The number of carbonyl (C=O) groups is 2. The number of anilines is 2. The summed E-state index contributed by atoms with van der Waals surface area (Å²) >= 11 is 0.